The van der Waals surface area contributed by atoms with Gasteiger partial charge in [0.1, 0.15) is 0 Å². The molecule has 3 aromatic rings. The lowest BCUT2D eigenvalue weighted by Crippen LogP contribution is -2.06. The van der Waals surface area contributed by atoms with E-state index in [-0.39, 0.29) is 6.61 Å². The zero-order valence-electron chi connectivity index (χ0n) is 13.8. The van der Waals surface area contributed by atoms with E-state index >= 15 is 0 Å². The molecule has 0 bridgehead atoms. The van der Waals surface area contributed by atoms with E-state index in [4.69, 9.17) is 10.1 Å². The first-order valence-corrected chi connectivity index (χ1v) is 8.72. The normalized spacial score (nSPS) is 13.7. The summed E-state index contributed by atoms with van der Waals surface area (Å²) in [6.45, 7) is 0.655. The first kappa shape index (κ1) is 15.2. The fourth-order valence-electron chi connectivity index (χ4n) is 3.55. The third-order valence-corrected chi connectivity index (χ3v) is 4.79. The Kier molecular flexibility index (Phi) is 4.18. The predicted octanol–water partition coefficient (Wildman–Crippen LogP) is 4.18. The Morgan fingerprint density at radius 1 is 0.958 bits per heavy atom. The quantitative estimate of drug-likeness (QED) is 0.758. The van der Waals surface area contributed by atoms with Crippen LogP contribution in [0.4, 0.5) is 5.69 Å². The van der Waals surface area contributed by atoms with Crippen molar-refractivity contribution in [2.75, 3.05) is 18.5 Å². The summed E-state index contributed by atoms with van der Waals surface area (Å²) in [7, 11) is 0. The van der Waals surface area contributed by atoms with Crippen LogP contribution in [0.25, 0.3) is 22.2 Å². The van der Waals surface area contributed by atoms with Crippen LogP contribution < -0.4 is 5.32 Å². The second-order valence-electron chi connectivity index (χ2n) is 6.41. The Hall–Kier alpha value is -2.39. The topological polar surface area (TPSA) is 45.1 Å². The van der Waals surface area contributed by atoms with Crippen LogP contribution in [0.15, 0.2) is 48.5 Å². The smallest absolute Gasteiger partial charge is 0.0730 e. The van der Waals surface area contributed by atoms with E-state index in [0.717, 1.165) is 22.3 Å². The highest BCUT2D eigenvalue weighted by atomic mass is 16.3. The minimum Gasteiger partial charge on any atom is -0.395 e. The molecule has 1 aliphatic carbocycles. The molecule has 24 heavy (non-hydrogen) atoms. The monoisotopic (exact) mass is 318 g/mol. The fourth-order valence-corrected chi connectivity index (χ4v) is 3.55. The molecule has 0 fully saturated rings. The van der Waals surface area contributed by atoms with Gasteiger partial charge in [0.2, 0.25) is 0 Å². The first-order valence-electron chi connectivity index (χ1n) is 8.72. The van der Waals surface area contributed by atoms with Gasteiger partial charge < -0.3 is 10.4 Å². The van der Waals surface area contributed by atoms with Crippen molar-refractivity contribution in [2.45, 2.75) is 25.7 Å². The lowest BCUT2D eigenvalue weighted by molar-refractivity contribution is 0.311. The van der Waals surface area contributed by atoms with Crippen molar-refractivity contribution in [2.24, 2.45) is 0 Å². The van der Waals surface area contributed by atoms with E-state index in [2.05, 4.69) is 35.6 Å². The van der Waals surface area contributed by atoms with Gasteiger partial charge in [0.05, 0.1) is 17.8 Å². The van der Waals surface area contributed by atoms with Gasteiger partial charge in [-0.1, -0.05) is 30.3 Å². The largest absolute Gasteiger partial charge is 0.395 e. The van der Waals surface area contributed by atoms with Gasteiger partial charge in [0, 0.05) is 23.2 Å². The Bertz CT molecular complexity index is 873. The number of rotatable bonds is 4. The number of aliphatic hydroxyl groups is 1. The molecule has 1 heterocycles. The van der Waals surface area contributed by atoms with Crippen molar-refractivity contribution >= 4 is 16.6 Å². The molecule has 0 saturated heterocycles. The SMILES string of the molecule is OCCNc1cc(-c2ccc3c(c2)CCCC3)nc2ccccc12. The van der Waals surface area contributed by atoms with Gasteiger partial charge in [-0.3, -0.25) is 0 Å². The van der Waals surface area contributed by atoms with Crippen LogP contribution in [0.1, 0.15) is 24.0 Å². The van der Waals surface area contributed by atoms with Gasteiger partial charge in [0.15, 0.2) is 0 Å². The van der Waals surface area contributed by atoms with E-state index in [9.17, 15) is 0 Å². The molecule has 2 N–H and O–H groups in total. The van der Waals surface area contributed by atoms with Crippen LogP contribution in [0, 0.1) is 0 Å². The van der Waals surface area contributed by atoms with E-state index in [0.29, 0.717) is 6.54 Å². The van der Waals surface area contributed by atoms with Crippen LogP contribution in [0.5, 0.6) is 0 Å². The molecular weight excluding hydrogens is 296 g/mol. The molecule has 1 aromatic heterocycles. The minimum atomic E-state index is 0.116. The number of nitrogens with one attached hydrogen (secondary N) is 1. The summed E-state index contributed by atoms with van der Waals surface area (Å²) in [4.78, 5) is 4.86. The number of aryl methyl sites for hydroxylation is 2. The summed E-state index contributed by atoms with van der Waals surface area (Å²) < 4.78 is 0. The van der Waals surface area contributed by atoms with Crippen LogP contribution in [0.2, 0.25) is 0 Å². The number of pyridine rings is 1. The van der Waals surface area contributed by atoms with Crippen molar-refractivity contribution in [3.8, 4) is 11.3 Å². The minimum absolute atomic E-state index is 0.116. The summed E-state index contributed by atoms with van der Waals surface area (Å²) in [5.41, 5.74) is 7.13. The highest BCUT2D eigenvalue weighted by Gasteiger charge is 2.12. The standard InChI is InChI=1S/C21H22N2O/c24-12-11-22-21-14-20(23-19-8-4-3-7-18(19)21)17-10-9-15-5-1-2-6-16(15)13-17/h3-4,7-10,13-14,24H,1-2,5-6,11-12H2,(H,22,23). The number of nitrogens with zero attached hydrogens (tertiary/aromatic N) is 1. The van der Waals surface area contributed by atoms with E-state index in [1.165, 1.54) is 42.4 Å². The Morgan fingerprint density at radius 3 is 2.67 bits per heavy atom. The Labute approximate surface area is 142 Å². The second-order valence-corrected chi connectivity index (χ2v) is 6.41. The maximum Gasteiger partial charge on any atom is 0.0730 e. The highest BCUT2D eigenvalue weighted by molar-refractivity contribution is 5.93. The summed E-state index contributed by atoms with van der Waals surface area (Å²) in [6.07, 6.45) is 4.96. The number of benzene rings is 2. The zero-order chi connectivity index (χ0) is 16.4. The van der Waals surface area contributed by atoms with Crippen molar-refractivity contribution in [3.63, 3.8) is 0 Å². The van der Waals surface area contributed by atoms with Crippen molar-refractivity contribution in [3.05, 3.63) is 59.7 Å². The van der Waals surface area contributed by atoms with E-state index < -0.39 is 0 Å². The van der Waals surface area contributed by atoms with Gasteiger partial charge in [-0.15, -0.1) is 0 Å². The number of anilines is 1. The number of aliphatic hydroxyl groups excluding tert-OH is 1. The molecule has 0 radical (unpaired) electrons. The van der Waals surface area contributed by atoms with Gasteiger partial charge in [-0.05, 0) is 55.0 Å². The molecule has 3 heteroatoms. The lowest BCUT2D eigenvalue weighted by Gasteiger charge is -2.17. The molecule has 4 rings (SSSR count). The van der Waals surface area contributed by atoms with Gasteiger partial charge in [0.25, 0.3) is 0 Å². The van der Waals surface area contributed by atoms with Crippen LogP contribution in [-0.4, -0.2) is 23.2 Å². The number of aromatic nitrogens is 1. The van der Waals surface area contributed by atoms with Crippen molar-refractivity contribution < 1.29 is 5.11 Å². The second kappa shape index (κ2) is 6.62. The zero-order valence-corrected chi connectivity index (χ0v) is 13.8. The molecule has 0 aliphatic heterocycles. The van der Waals surface area contributed by atoms with Crippen molar-refractivity contribution in [1.29, 1.82) is 0 Å². The molecule has 3 nitrogen and oxygen atoms in total. The van der Waals surface area contributed by atoms with Gasteiger partial charge in [-0.2, -0.15) is 0 Å². The van der Waals surface area contributed by atoms with E-state index in [1.54, 1.807) is 0 Å². The molecule has 0 amide bonds. The Morgan fingerprint density at radius 2 is 1.79 bits per heavy atom. The van der Waals surface area contributed by atoms with Crippen LogP contribution in [0.3, 0.4) is 0 Å². The predicted molar refractivity (Wildman–Crippen MR) is 99.4 cm³/mol. The average Bonchev–Trinajstić information content (AvgIpc) is 2.65. The van der Waals surface area contributed by atoms with Crippen LogP contribution >= 0.6 is 0 Å². The summed E-state index contributed by atoms with van der Waals surface area (Å²) in [6, 6.07) is 17.0. The summed E-state index contributed by atoms with van der Waals surface area (Å²) in [5, 5.41) is 13.6. The summed E-state index contributed by atoms with van der Waals surface area (Å²) in [5.74, 6) is 0. The number of hydrogen-bond acceptors (Lipinski definition) is 3. The van der Waals surface area contributed by atoms with Gasteiger partial charge in [-0.25, -0.2) is 4.98 Å². The van der Waals surface area contributed by atoms with Crippen LogP contribution in [-0.2, 0) is 12.8 Å². The molecular formula is C21H22N2O. The molecule has 0 saturated carbocycles. The van der Waals surface area contributed by atoms with Crippen molar-refractivity contribution in [1.82, 2.24) is 4.98 Å². The number of para-hydroxylation sites is 1. The lowest BCUT2D eigenvalue weighted by atomic mass is 9.90. The molecule has 0 unspecified atom stereocenters. The highest BCUT2D eigenvalue weighted by Crippen LogP contribution is 2.31. The first-order chi connectivity index (χ1) is 11.8. The third kappa shape index (κ3) is 2.87. The average molecular weight is 318 g/mol. The number of hydrogen-bond donors (Lipinski definition) is 2. The maximum atomic E-state index is 9.14. The maximum absolute atomic E-state index is 9.14. The molecule has 0 spiro atoms. The van der Waals surface area contributed by atoms with Gasteiger partial charge >= 0.3 is 0 Å². The fraction of sp³-hybridized carbons (Fsp3) is 0.286. The molecule has 0 atom stereocenters. The summed E-state index contributed by atoms with van der Waals surface area (Å²) >= 11 is 0. The molecule has 1 aliphatic rings. The Balaban J connectivity index is 1.81. The third-order valence-electron chi connectivity index (χ3n) is 4.79. The number of fused-ring (bicyclic) bond motifs is 2. The molecule has 122 valence electrons. The van der Waals surface area contributed by atoms with E-state index in [1.807, 2.05) is 18.2 Å². The molecule has 2 aromatic carbocycles.